The fourth-order valence-electron chi connectivity index (χ4n) is 4.28. The molecule has 1 aromatic rings. The maximum absolute atomic E-state index is 14.1. The van der Waals surface area contributed by atoms with E-state index in [1.807, 2.05) is 20.8 Å². The van der Waals surface area contributed by atoms with Gasteiger partial charge in [0.05, 0.1) is 0 Å². The van der Waals surface area contributed by atoms with Crippen molar-refractivity contribution in [2.75, 3.05) is 6.54 Å². The number of benzene rings is 1. The summed E-state index contributed by atoms with van der Waals surface area (Å²) in [5.41, 5.74) is 0.295. The lowest BCUT2D eigenvalue weighted by atomic mass is 9.96. The Kier molecular flexibility index (Phi) is 10.2. The van der Waals surface area contributed by atoms with Gasteiger partial charge in [0, 0.05) is 18.2 Å². The Bertz CT molecular complexity index is 924. The number of amides is 3. The molecule has 3 N–H and O–H groups in total. The molecule has 0 heterocycles. The standard InChI is InChI=1S/C28H45N3O5/c1-9-10-11-15-29-25(33)23(20-14-12-13-18(4)24(20)32)31(21-16-19(21)5)26(34)22(17(2)3)30-27(35)36-28(6,7)8/h12-14,17,19,21-23,32H,9-11,15-16H2,1-8H3,(H,29,33)(H,30,35). The van der Waals surface area contributed by atoms with Crippen molar-refractivity contribution in [1.82, 2.24) is 15.5 Å². The minimum Gasteiger partial charge on any atom is -0.507 e. The fraction of sp³-hybridized carbons (Fsp3) is 0.679. The number of rotatable bonds is 11. The number of nitrogens with one attached hydrogen (secondary N) is 2. The first-order valence-electron chi connectivity index (χ1n) is 13.2. The third kappa shape index (κ3) is 7.87. The normalized spacial score (nSPS) is 18.8. The van der Waals surface area contributed by atoms with Crippen LogP contribution < -0.4 is 10.6 Å². The van der Waals surface area contributed by atoms with Gasteiger partial charge in [-0.3, -0.25) is 9.59 Å². The number of hydrogen-bond donors (Lipinski definition) is 3. The molecular formula is C28H45N3O5. The number of phenolic OH excluding ortho intramolecular Hbond substituents is 1. The van der Waals surface area contributed by atoms with Crippen LogP contribution in [-0.2, 0) is 14.3 Å². The van der Waals surface area contributed by atoms with Crippen LogP contribution >= 0.6 is 0 Å². The first-order valence-corrected chi connectivity index (χ1v) is 13.2. The molecule has 0 spiro atoms. The number of nitrogens with zero attached hydrogens (tertiary/aromatic N) is 1. The molecule has 0 radical (unpaired) electrons. The molecule has 1 aliphatic carbocycles. The van der Waals surface area contributed by atoms with Crippen LogP contribution in [0.4, 0.5) is 4.79 Å². The lowest BCUT2D eigenvalue weighted by Crippen LogP contribution is -2.55. The van der Waals surface area contributed by atoms with E-state index in [0.717, 1.165) is 25.7 Å². The van der Waals surface area contributed by atoms with Crippen LogP contribution in [0.1, 0.15) is 91.3 Å². The number of ether oxygens (including phenoxy) is 1. The van der Waals surface area contributed by atoms with Gasteiger partial charge in [0.1, 0.15) is 23.4 Å². The third-order valence-electron chi connectivity index (χ3n) is 6.45. The molecule has 0 aliphatic heterocycles. The lowest BCUT2D eigenvalue weighted by molar-refractivity contribution is -0.144. The first kappa shape index (κ1) is 29.5. The van der Waals surface area contributed by atoms with Gasteiger partial charge in [-0.25, -0.2) is 4.79 Å². The van der Waals surface area contributed by atoms with Crippen molar-refractivity contribution in [3.05, 3.63) is 29.3 Å². The van der Waals surface area contributed by atoms with Gasteiger partial charge in [0.15, 0.2) is 0 Å². The van der Waals surface area contributed by atoms with Crippen LogP contribution in [0.25, 0.3) is 0 Å². The van der Waals surface area contributed by atoms with Gasteiger partial charge in [0.2, 0.25) is 11.8 Å². The summed E-state index contributed by atoms with van der Waals surface area (Å²) in [6.45, 7) is 15.3. The molecule has 8 heteroatoms. The van der Waals surface area contributed by atoms with Gasteiger partial charge < -0.3 is 25.4 Å². The van der Waals surface area contributed by atoms with E-state index in [9.17, 15) is 19.5 Å². The Hall–Kier alpha value is -2.77. The highest BCUT2D eigenvalue weighted by Gasteiger charge is 2.49. The van der Waals surface area contributed by atoms with Crippen LogP contribution in [0.5, 0.6) is 5.75 Å². The topological polar surface area (TPSA) is 108 Å². The molecule has 1 saturated carbocycles. The Morgan fingerprint density at radius 1 is 1.19 bits per heavy atom. The Labute approximate surface area is 216 Å². The molecule has 1 aliphatic rings. The highest BCUT2D eigenvalue weighted by Crippen LogP contribution is 2.43. The van der Waals surface area contributed by atoms with Gasteiger partial charge in [0.25, 0.3) is 0 Å². The van der Waals surface area contributed by atoms with E-state index < -0.39 is 23.8 Å². The number of aromatic hydroxyl groups is 1. The number of hydrogen-bond acceptors (Lipinski definition) is 5. The van der Waals surface area contributed by atoms with E-state index in [2.05, 4.69) is 17.6 Å². The van der Waals surface area contributed by atoms with Crippen molar-refractivity contribution in [1.29, 1.82) is 0 Å². The summed E-state index contributed by atoms with van der Waals surface area (Å²) in [5.74, 6) is -0.746. The van der Waals surface area contributed by atoms with Crippen molar-refractivity contribution in [3.63, 3.8) is 0 Å². The fourth-order valence-corrected chi connectivity index (χ4v) is 4.28. The number of phenols is 1. The molecule has 2 rings (SSSR count). The summed E-state index contributed by atoms with van der Waals surface area (Å²) >= 11 is 0. The molecule has 0 aromatic heterocycles. The maximum Gasteiger partial charge on any atom is 0.408 e. The summed E-state index contributed by atoms with van der Waals surface area (Å²) in [6.07, 6.45) is 2.90. The summed E-state index contributed by atoms with van der Waals surface area (Å²) in [4.78, 5) is 41.9. The molecular weight excluding hydrogens is 458 g/mol. The van der Waals surface area contributed by atoms with Crippen LogP contribution in [0, 0.1) is 18.8 Å². The molecule has 8 nitrogen and oxygen atoms in total. The Morgan fingerprint density at radius 2 is 1.83 bits per heavy atom. The van der Waals surface area contributed by atoms with Crippen LogP contribution in [0.2, 0.25) is 0 Å². The minimum atomic E-state index is -1.02. The second-order valence-electron chi connectivity index (χ2n) is 11.3. The number of aryl methyl sites for hydroxylation is 1. The van der Waals surface area contributed by atoms with Crippen molar-refractivity contribution < 1.29 is 24.2 Å². The number of carbonyl (C=O) groups excluding carboxylic acids is 3. The van der Waals surface area contributed by atoms with Crippen LogP contribution in [0.3, 0.4) is 0 Å². The molecule has 3 amide bonds. The number of alkyl carbamates (subject to hydrolysis) is 1. The maximum atomic E-state index is 14.1. The van der Waals surface area contributed by atoms with Gasteiger partial charge in [-0.15, -0.1) is 0 Å². The van der Waals surface area contributed by atoms with Gasteiger partial charge in [-0.05, 0) is 57.9 Å². The molecule has 0 saturated heterocycles. The predicted molar refractivity (Wildman–Crippen MR) is 141 cm³/mol. The summed E-state index contributed by atoms with van der Waals surface area (Å²) in [5, 5.41) is 16.7. The molecule has 1 fully saturated rings. The molecule has 0 bridgehead atoms. The number of unbranched alkanes of at least 4 members (excludes halogenated alkanes) is 2. The van der Waals surface area contributed by atoms with E-state index in [0.29, 0.717) is 17.7 Å². The van der Waals surface area contributed by atoms with Gasteiger partial charge >= 0.3 is 6.09 Å². The van der Waals surface area contributed by atoms with Gasteiger partial charge in [-0.1, -0.05) is 58.7 Å². The third-order valence-corrected chi connectivity index (χ3v) is 6.45. The smallest absolute Gasteiger partial charge is 0.408 e. The SMILES string of the molecule is CCCCCNC(=O)C(c1cccc(C)c1O)N(C(=O)C(NC(=O)OC(C)(C)C)C(C)C)C1CC1C. The second-order valence-corrected chi connectivity index (χ2v) is 11.3. The lowest BCUT2D eigenvalue weighted by Gasteiger charge is -2.36. The average molecular weight is 504 g/mol. The quantitative estimate of drug-likeness (QED) is 0.375. The summed E-state index contributed by atoms with van der Waals surface area (Å²) in [7, 11) is 0. The van der Waals surface area contributed by atoms with Crippen molar-refractivity contribution in [3.8, 4) is 5.75 Å². The zero-order valence-electron chi connectivity index (χ0n) is 23.2. The largest absolute Gasteiger partial charge is 0.507 e. The summed E-state index contributed by atoms with van der Waals surface area (Å²) < 4.78 is 5.41. The monoisotopic (exact) mass is 503 g/mol. The van der Waals surface area contributed by atoms with Crippen LogP contribution in [-0.4, -0.2) is 52.1 Å². The predicted octanol–water partition coefficient (Wildman–Crippen LogP) is 4.83. The number of para-hydroxylation sites is 1. The van der Waals surface area contributed by atoms with Crippen LogP contribution in [0.15, 0.2) is 18.2 Å². The molecule has 4 unspecified atom stereocenters. The van der Waals surface area contributed by atoms with Gasteiger partial charge in [-0.2, -0.15) is 0 Å². The Morgan fingerprint density at radius 3 is 2.36 bits per heavy atom. The van der Waals surface area contributed by atoms with E-state index in [-0.39, 0.29) is 35.4 Å². The van der Waals surface area contributed by atoms with Crippen molar-refractivity contribution >= 4 is 17.9 Å². The highest BCUT2D eigenvalue weighted by atomic mass is 16.6. The van der Waals surface area contributed by atoms with E-state index >= 15 is 0 Å². The first-order chi connectivity index (χ1) is 16.8. The van der Waals surface area contributed by atoms with E-state index in [4.69, 9.17) is 4.74 Å². The van der Waals surface area contributed by atoms with Crippen molar-refractivity contribution in [2.45, 2.75) is 105 Å². The molecule has 202 valence electrons. The zero-order chi connectivity index (χ0) is 27.2. The molecule has 4 atom stereocenters. The Balaban J connectivity index is 2.48. The van der Waals surface area contributed by atoms with E-state index in [1.165, 1.54) is 0 Å². The molecule has 1 aromatic carbocycles. The average Bonchev–Trinajstić information content (AvgIpc) is 3.49. The van der Waals surface area contributed by atoms with E-state index in [1.54, 1.807) is 50.8 Å². The zero-order valence-corrected chi connectivity index (χ0v) is 23.2. The minimum absolute atomic E-state index is 0.00138. The van der Waals surface area contributed by atoms with Crippen molar-refractivity contribution in [2.24, 2.45) is 11.8 Å². The highest BCUT2D eigenvalue weighted by molar-refractivity contribution is 5.93. The number of carbonyl (C=O) groups is 3. The second kappa shape index (κ2) is 12.5. The summed E-state index contributed by atoms with van der Waals surface area (Å²) in [6, 6.07) is 3.15. The molecule has 36 heavy (non-hydrogen) atoms.